The van der Waals surface area contributed by atoms with E-state index in [2.05, 4.69) is 5.32 Å². The summed E-state index contributed by atoms with van der Waals surface area (Å²) in [4.78, 5) is 21.5. The van der Waals surface area contributed by atoms with Crippen LogP contribution in [-0.2, 0) is 9.59 Å². The zero-order chi connectivity index (χ0) is 12.7. The number of hydrogen-bond acceptors (Lipinski definition) is 4. The molecule has 17 heavy (non-hydrogen) atoms. The van der Waals surface area contributed by atoms with Crippen LogP contribution in [0.4, 0.5) is 5.69 Å². The van der Waals surface area contributed by atoms with Crippen molar-refractivity contribution in [3.8, 4) is 5.75 Å². The minimum atomic E-state index is -1.10. The first-order valence-electron chi connectivity index (χ1n) is 5.36. The normalized spacial score (nSPS) is 9.88. The summed E-state index contributed by atoms with van der Waals surface area (Å²) in [7, 11) is 0. The summed E-state index contributed by atoms with van der Waals surface area (Å²) in [5.41, 5.74) is 0.523. The first-order chi connectivity index (χ1) is 8.08. The maximum Gasteiger partial charge on any atom is 0.224 e. The fraction of sp³-hybridized carbons (Fsp3) is 0.333. The Morgan fingerprint density at radius 1 is 1.24 bits per heavy atom. The molecule has 1 amide bonds. The van der Waals surface area contributed by atoms with Crippen molar-refractivity contribution in [1.82, 2.24) is 0 Å². The number of aromatic hydroxyl groups is 1. The Bertz CT molecular complexity index is 403. The molecule has 0 radical (unpaired) electrons. The Balaban J connectivity index is 2.27. The highest BCUT2D eigenvalue weighted by atomic mass is 16.4. The van der Waals surface area contributed by atoms with Gasteiger partial charge >= 0.3 is 0 Å². The van der Waals surface area contributed by atoms with Crippen molar-refractivity contribution in [3.05, 3.63) is 24.3 Å². The van der Waals surface area contributed by atoms with E-state index in [0.29, 0.717) is 18.5 Å². The molecule has 0 saturated carbocycles. The number of carboxylic acid groups (broad SMARTS) is 1. The van der Waals surface area contributed by atoms with E-state index in [1.165, 1.54) is 12.1 Å². The number of carbonyl (C=O) groups excluding carboxylic acids is 2. The average molecular weight is 236 g/mol. The molecule has 1 rings (SSSR count). The minimum absolute atomic E-state index is 0.0284. The third kappa shape index (κ3) is 5.55. The molecule has 1 aromatic carbocycles. The van der Waals surface area contributed by atoms with Crippen LogP contribution in [0.25, 0.3) is 0 Å². The van der Waals surface area contributed by atoms with Crippen LogP contribution in [-0.4, -0.2) is 17.0 Å². The number of phenolic OH excluding ortho intramolecular Hbond substituents is 1. The predicted molar refractivity (Wildman–Crippen MR) is 60.2 cm³/mol. The number of aliphatic carboxylic acids is 1. The summed E-state index contributed by atoms with van der Waals surface area (Å²) in [5.74, 6) is -1.22. The van der Waals surface area contributed by atoms with Crippen LogP contribution in [0.5, 0.6) is 5.75 Å². The molecule has 0 saturated heterocycles. The zero-order valence-electron chi connectivity index (χ0n) is 9.31. The number of unbranched alkanes of at least 4 members (excludes halogenated alkanes) is 1. The van der Waals surface area contributed by atoms with Gasteiger partial charge in [0.15, 0.2) is 0 Å². The van der Waals surface area contributed by atoms with E-state index in [-0.39, 0.29) is 24.5 Å². The molecular weight excluding hydrogens is 222 g/mol. The summed E-state index contributed by atoms with van der Waals surface area (Å²) < 4.78 is 0. The Morgan fingerprint density at radius 3 is 2.59 bits per heavy atom. The van der Waals surface area contributed by atoms with Crippen LogP contribution in [0.3, 0.4) is 0 Å². The Kier molecular flexibility index (Phi) is 5.00. The molecule has 0 fully saturated rings. The highest BCUT2D eigenvalue weighted by Crippen LogP contribution is 2.15. The van der Waals surface area contributed by atoms with Gasteiger partial charge in [-0.05, 0) is 31.4 Å². The minimum Gasteiger partial charge on any atom is -0.550 e. The topological polar surface area (TPSA) is 89.5 Å². The van der Waals surface area contributed by atoms with Crippen LogP contribution in [0.1, 0.15) is 25.7 Å². The van der Waals surface area contributed by atoms with Gasteiger partial charge in [0.2, 0.25) is 5.91 Å². The summed E-state index contributed by atoms with van der Waals surface area (Å²) in [6, 6.07) is 6.24. The maximum absolute atomic E-state index is 11.4. The molecule has 1 aromatic rings. The Morgan fingerprint density at radius 2 is 1.94 bits per heavy atom. The fourth-order valence-electron chi connectivity index (χ4n) is 1.36. The van der Waals surface area contributed by atoms with Crippen LogP contribution >= 0.6 is 0 Å². The third-order valence-corrected chi connectivity index (χ3v) is 2.16. The Hall–Kier alpha value is -2.04. The monoisotopic (exact) mass is 236 g/mol. The zero-order valence-corrected chi connectivity index (χ0v) is 9.31. The van der Waals surface area contributed by atoms with Crippen LogP contribution in [0.2, 0.25) is 0 Å². The highest BCUT2D eigenvalue weighted by molar-refractivity contribution is 5.90. The molecule has 0 aliphatic carbocycles. The SMILES string of the molecule is O=C([O-])CCCCC(=O)Nc1cccc(O)c1. The second kappa shape index (κ2) is 6.52. The summed E-state index contributed by atoms with van der Waals surface area (Å²) in [6.45, 7) is 0. The maximum atomic E-state index is 11.4. The Labute approximate surface area is 99.1 Å². The second-order valence-electron chi connectivity index (χ2n) is 3.68. The van der Waals surface area contributed by atoms with E-state index < -0.39 is 5.97 Å². The number of nitrogens with one attached hydrogen (secondary N) is 1. The van der Waals surface area contributed by atoms with Crippen molar-refractivity contribution in [3.63, 3.8) is 0 Å². The predicted octanol–water partition coefficient (Wildman–Crippen LogP) is 0.641. The largest absolute Gasteiger partial charge is 0.550 e. The molecule has 0 aliphatic heterocycles. The van der Waals surface area contributed by atoms with Gasteiger partial charge in [-0.3, -0.25) is 4.79 Å². The first-order valence-corrected chi connectivity index (χ1v) is 5.36. The lowest BCUT2D eigenvalue weighted by atomic mass is 10.2. The van der Waals surface area contributed by atoms with E-state index >= 15 is 0 Å². The molecule has 92 valence electrons. The lowest BCUT2D eigenvalue weighted by Gasteiger charge is -2.05. The van der Waals surface area contributed by atoms with Crippen molar-refractivity contribution in [1.29, 1.82) is 0 Å². The fourth-order valence-corrected chi connectivity index (χ4v) is 1.36. The summed E-state index contributed by atoms with van der Waals surface area (Å²) >= 11 is 0. The van der Waals surface area contributed by atoms with Gasteiger partial charge in [-0.2, -0.15) is 0 Å². The number of carbonyl (C=O) groups is 2. The average Bonchev–Trinajstić information content (AvgIpc) is 2.24. The molecule has 5 heteroatoms. The summed E-state index contributed by atoms with van der Waals surface area (Å²) in [5, 5.41) is 21.9. The van der Waals surface area contributed by atoms with Crippen LogP contribution < -0.4 is 10.4 Å². The van der Waals surface area contributed by atoms with Gasteiger partial charge in [-0.25, -0.2) is 0 Å². The van der Waals surface area contributed by atoms with Crippen molar-refractivity contribution in [2.24, 2.45) is 0 Å². The smallest absolute Gasteiger partial charge is 0.224 e. The summed E-state index contributed by atoms with van der Waals surface area (Å²) in [6.07, 6.45) is 1.15. The number of carboxylic acids is 1. The lowest BCUT2D eigenvalue weighted by molar-refractivity contribution is -0.305. The molecule has 0 bridgehead atoms. The van der Waals surface area contributed by atoms with E-state index in [1.807, 2.05) is 0 Å². The second-order valence-corrected chi connectivity index (χ2v) is 3.68. The molecule has 2 N–H and O–H groups in total. The number of benzene rings is 1. The number of rotatable bonds is 6. The molecule has 0 aromatic heterocycles. The van der Waals surface area contributed by atoms with Gasteiger partial charge < -0.3 is 20.3 Å². The van der Waals surface area contributed by atoms with Gasteiger partial charge in [-0.1, -0.05) is 6.07 Å². The van der Waals surface area contributed by atoms with Gasteiger partial charge in [0.25, 0.3) is 0 Å². The van der Waals surface area contributed by atoms with Crippen LogP contribution in [0, 0.1) is 0 Å². The number of amides is 1. The molecule has 0 heterocycles. The standard InChI is InChI=1S/C12H15NO4/c14-10-5-3-4-9(8-10)13-11(15)6-1-2-7-12(16)17/h3-5,8,14H,1-2,6-7H2,(H,13,15)(H,16,17)/p-1. The number of hydrogen-bond donors (Lipinski definition) is 2. The molecule has 0 aliphatic rings. The van der Waals surface area contributed by atoms with E-state index in [1.54, 1.807) is 12.1 Å². The number of phenols is 1. The van der Waals surface area contributed by atoms with Crippen molar-refractivity contribution < 1.29 is 19.8 Å². The lowest BCUT2D eigenvalue weighted by Crippen LogP contribution is -2.21. The highest BCUT2D eigenvalue weighted by Gasteiger charge is 2.02. The molecule has 0 unspecified atom stereocenters. The first kappa shape index (κ1) is 13.0. The van der Waals surface area contributed by atoms with E-state index in [0.717, 1.165) is 0 Å². The molecular formula is C12H14NO4-. The van der Waals surface area contributed by atoms with Crippen molar-refractivity contribution in [2.75, 3.05) is 5.32 Å². The third-order valence-electron chi connectivity index (χ3n) is 2.16. The molecule has 0 spiro atoms. The quantitative estimate of drug-likeness (QED) is 0.709. The van der Waals surface area contributed by atoms with Crippen LogP contribution in [0.15, 0.2) is 24.3 Å². The molecule has 5 nitrogen and oxygen atoms in total. The van der Waals surface area contributed by atoms with Gasteiger partial charge in [0.05, 0.1) is 0 Å². The molecule has 0 atom stereocenters. The van der Waals surface area contributed by atoms with Crippen molar-refractivity contribution in [2.45, 2.75) is 25.7 Å². The van der Waals surface area contributed by atoms with E-state index in [4.69, 9.17) is 0 Å². The van der Waals surface area contributed by atoms with Gasteiger partial charge in [0, 0.05) is 24.1 Å². The van der Waals surface area contributed by atoms with Gasteiger partial charge in [0.1, 0.15) is 5.75 Å². The van der Waals surface area contributed by atoms with Crippen molar-refractivity contribution >= 4 is 17.6 Å². The van der Waals surface area contributed by atoms with E-state index in [9.17, 15) is 19.8 Å². The van der Waals surface area contributed by atoms with Gasteiger partial charge in [-0.15, -0.1) is 0 Å². The number of anilines is 1.